The number of nitrogen functional groups attached to an aromatic ring is 1. The number of anilines is 2. The molecule has 1 fully saturated rings. The van der Waals surface area contributed by atoms with E-state index < -0.39 is 0 Å². The second-order valence-corrected chi connectivity index (χ2v) is 6.70. The Kier molecular flexibility index (Phi) is 5.93. The molecule has 0 radical (unpaired) electrons. The van der Waals surface area contributed by atoms with Gasteiger partial charge in [0.1, 0.15) is 5.82 Å². The van der Waals surface area contributed by atoms with E-state index >= 15 is 0 Å². The molecule has 4 rings (SSSR count). The van der Waals surface area contributed by atoms with E-state index in [4.69, 9.17) is 14.9 Å². The first-order chi connectivity index (χ1) is 15.2. The van der Waals surface area contributed by atoms with Gasteiger partial charge in [0, 0.05) is 31.7 Å². The number of nitrogens with zero attached hydrogens (tertiary/aromatic N) is 6. The molecular weight excluding hydrogens is 398 g/mol. The fourth-order valence-electron chi connectivity index (χ4n) is 3.09. The van der Waals surface area contributed by atoms with Crippen LogP contribution in [0.4, 0.5) is 16.4 Å². The molecule has 158 valence electrons. The van der Waals surface area contributed by atoms with Crippen molar-refractivity contribution in [2.75, 3.05) is 43.4 Å². The van der Waals surface area contributed by atoms with E-state index in [-0.39, 0.29) is 24.4 Å². The van der Waals surface area contributed by atoms with E-state index in [0.717, 1.165) is 5.56 Å². The van der Waals surface area contributed by atoms with Crippen molar-refractivity contribution in [2.45, 2.75) is 6.92 Å². The number of aromatic nitrogens is 4. The highest BCUT2D eigenvalue weighted by Crippen LogP contribution is 2.27. The number of ether oxygens (including phenoxy) is 1. The Bertz CT molecular complexity index is 1110. The molecule has 2 aromatic heterocycles. The lowest BCUT2D eigenvalue weighted by molar-refractivity contribution is 0.111. The average Bonchev–Trinajstić information content (AvgIpc) is 3.30. The fraction of sp³-hybridized carbons (Fsp3) is 0.286. The Morgan fingerprint density at radius 2 is 1.90 bits per heavy atom. The van der Waals surface area contributed by atoms with Crippen LogP contribution in [0.2, 0.25) is 0 Å². The number of carbonyl (C=O) groups is 1. The van der Waals surface area contributed by atoms with Crippen molar-refractivity contribution in [1.29, 1.82) is 0 Å². The molecule has 3 heterocycles. The maximum atomic E-state index is 12.1. The molecule has 0 bridgehead atoms. The third-order valence-corrected chi connectivity index (χ3v) is 4.74. The molecule has 0 unspecified atom stereocenters. The van der Waals surface area contributed by atoms with Crippen LogP contribution in [-0.4, -0.2) is 63.9 Å². The quantitative estimate of drug-likeness (QED) is 0.633. The third-order valence-electron chi connectivity index (χ3n) is 4.74. The summed E-state index contributed by atoms with van der Waals surface area (Å²) in [5.41, 5.74) is 7.15. The van der Waals surface area contributed by atoms with Gasteiger partial charge in [-0.2, -0.15) is 0 Å². The summed E-state index contributed by atoms with van der Waals surface area (Å²) in [5, 5.41) is 8.17. The molecule has 1 aromatic carbocycles. The SMILES string of the molecule is CC#CCOC(=O)N1CCN(c2cnc(N)c(-c3nnc(-c4ccccc4)o3)n2)CC1. The summed E-state index contributed by atoms with van der Waals surface area (Å²) in [6, 6.07) is 9.44. The number of amides is 1. The van der Waals surface area contributed by atoms with Gasteiger partial charge in [-0.25, -0.2) is 14.8 Å². The lowest BCUT2D eigenvalue weighted by atomic mass is 10.2. The van der Waals surface area contributed by atoms with Crippen molar-refractivity contribution in [3.05, 3.63) is 36.5 Å². The van der Waals surface area contributed by atoms with Crippen molar-refractivity contribution >= 4 is 17.7 Å². The number of hydrogen-bond donors (Lipinski definition) is 1. The van der Waals surface area contributed by atoms with E-state index in [1.807, 2.05) is 35.2 Å². The first-order valence-corrected chi connectivity index (χ1v) is 9.74. The van der Waals surface area contributed by atoms with Gasteiger partial charge in [0.15, 0.2) is 18.1 Å². The van der Waals surface area contributed by atoms with Crippen molar-refractivity contribution in [1.82, 2.24) is 25.1 Å². The molecular formula is C21H21N7O3. The van der Waals surface area contributed by atoms with Gasteiger partial charge in [-0.05, 0) is 19.1 Å². The van der Waals surface area contributed by atoms with E-state index in [1.54, 1.807) is 18.0 Å². The van der Waals surface area contributed by atoms with Gasteiger partial charge in [0.05, 0.1) is 6.20 Å². The fourth-order valence-corrected chi connectivity index (χ4v) is 3.09. The molecule has 0 spiro atoms. The highest BCUT2D eigenvalue weighted by Gasteiger charge is 2.24. The highest BCUT2D eigenvalue weighted by atomic mass is 16.6. The number of nitrogens with two attached hydrogens (primary N) is 1. The van der Waals surface area contributed by atoms with Crippen LogP contribution in [0.5, 0.6) is 0 Å². The summed E-state index contributed by atoms with van der Waals surface area (Å²) >= 11 is 0. The molecule has 10 heteroatoms. The van der Waals surface area contributed by atoms with Crippen LogP contribution in [0.15, 0.2) is 40.9 Å². The summed E-state index contributed by atoms with van der Waals surface area (Å²) in [4.78, 5) is 24.6. The lowest BCUT2D eigenvalue weighted by Crippen LogP contribution is -2.49. The van der Waals surface area contributed by atoms with Gasteiger partial charge in [-0.15, -0.1) is 16.1 Å². The lowest BCUT2D eigenvalue weighted by Gasteiger charge is -2.34. The zero-order chi connectivity index (χ0) is 21.6. The van der Waals surface area contributed by atoms with Gasteiger partial charge in [0.25, 0.3) is 5.89 Å². The maximum Gasteiger partial charge on any atom is 0.410 e. The van der Waals surface area contributed by atoms with E-state index in [2.05, 4.69) is 32.0 Å². The molecule has 0 aliphatic carbocycles. The molecule has 2 N–H and O–H groups in total. The van der Waals surface area contributed by atoms with Gasteiger partial charge in [0.2, 0.25) is 5.89 Å². The first kappa shape index (κ1) is 20.2. The largest absolute Gasteiger partial charge is 0.436 e. The van der Waals surface area contributed by atoms with E-state index in [0.29, 0.717) is 43.6 Å². The topological polar surface area (TPSA) is 124 Å². The minimum Gasteiger partial charge on any atom is -0.436 e. The van der Waals surface area contributed by atoms with Crippen molar-refractivity contribution in [3.63, 3.8) is 0 Å². The van der Waals surface area contributed by atoms with Gasteiger partial charge >= 0.3 is 6.09 Å². The zero-order valence-electron chi connectivity index (χ0n) is 17.0. The maximum absolute atomic E-state index is 12.1. The monoisotopic (exact) mass is 419 g/mol. The molecule has 0 atom stereocenters. The van der Waals surface area contributed by atoms with E-state index in [1.165, 1.54) is 0 Å². The molecule has 3 aromatic rings. The summed E-state index contributed by atoms with van der Waals surface area (Å²) < 4.78 is 10.9. The molecule has 10 nitrogen and oxygen atoms in total. The van der Waals surface area contributed by atoms with Crippen LogP contribution in [-0.2, 0) is 4.74 Å². The third kappa shape index (κ3) is 4.56. The molecule has 1 saturated heterocycles. The van der Waals surface area contributed by atoms with Gasteiger partial charge in [-0.1, -0.05) is 24.1 Å². The van der Waals surface area contributed by atoms with Crippen LogP contribution in [0.3, 0.4) is 0 Å². The Morgan fingerprint density at radius 3 is 2.65 bits per heavy atom. The minimum absolute atomic E-state index is 0.0947. The van der Waals surface area contributed by atoms with Crippen LogP contribution in [0.25, 0.3) is 23.0 Å². The van der Waals surface area contributed by atoms with Crippen LogP contribution >= 0.6 is 0 Å². The standard InChI is InChI=1S/C21H21N7O3/c1-2-3-13-30-21(29)28-11-9-27(10-12-28)16-14-23-18(22)17(24-16)20-26-25-19(31-20)15-7-5-4-6-8-15/h4-8,14H,9-13H2,1H3,(H2,22,23). The van der Waals surface area contributed by atoms with Gasteiger partial charge < -0.3 is 24.7 Å². The Hall–Kier alpha value is -4.13. The minimum atomic E-state index is -0.370. The summed E-state index contributed by atoms with van der Waals surface area (Å²) in [5.74, 6) is 6.80. The highest BCUT2D eigenvalue weighted by molar-refractivity contribution is 5.69. The van der Waals surface area contributed by atoms with E-state index in [9.17, 15) is 4.79 Å². The van der Waals surface area contributed by atoms with Crippen LogP contribution < -0.4 is 10.6 Å². The van der Waals surface area contributed by atoms with Gasteiger partial charge in [-0.3, -0.25) is 0 Å². The van der Waals surface area contributed by atoms with Crippen LogP contribution in [0.1, 0.15) is 6.92 Å². The summed E-state index contributed by atoms with van der Waals surface area (Å²) in [6.45, 7) is 3.94. The van der Waals surface area contributed by atoms with Crippen molar-refractivity contribution in [2.24, 2.45) is 0 Å². The molecule has 1 aliphatic heterocycles. The average molecular weight is 419 g/mol. The van der Waals surface area contributed by atoms with Crippen molar-refractivity contribution in [3.8, 4) is 34.9 Å². The predicted octanol–water partition coefficient (Wildman–Crippen LogP) is 2.06. The summed E-state index contributed by atoms with van der Waals surface area (Å²) in [6.07, 6.45) is 1.23. The molecule has 0 saturated carbocycles. The Labute approximate surface area is 179 Å². The normalized spacial score (nSPS) is 13.5. The second-order valence-electron chi connectivity index (χ2n) is 6.70. The Morgan fingerprint density at radius 1 is 1.16 bits per heavy atom. The first-order valence-electron chi connectivity index (χ1n) is 9.74. The molecule has 1 aliphatic rings. The smallest absolute Gasteiger partial charge is 0.410 e. The Balaban J connectivity index is 1.46. The number of carbonyl (C=O) groups excluding carboxylic acids is 1. The number of benzene rings is 1. The number of piperazine rings is 1. The zero-order valence-corrected chi connectivity index (χ0v) is 17.0. The molecule has 1 amide bonds. The summed E-state index contributed by atoms with van der Waals surface area (Å²) in [7, 11) is 0. The van der Waals surface area contributed by atoms with Crippen molar-refractivity contribution < 1.29 is 13.9 Å². The number of rotatable bonds is 4. The second kappa shape index (κ2) is 9.13. The van der Waals surface area contributed by atoms with Crippen LogP contribution in [0, 0.1) is 11.8 Å². The number of hydrogen-bond acceptors (Lipinski definition) is 9. The predicted molar refractivity (Wildman–Crippen MR) is 114 cm³/mol. The molecule has 31 heavy (non-hydrogen) atoms.